The summed E-state index contributed by atoms with van der Waals surface area (Å²) in [6, 6.07) is 10.2. The van der Waals surface area contributed by atoms with Crippen LogP contribution in [0.15, 0.2) is 41.6 Å². The highest BCUT2D eigenvalue weighted by Crippen LogP contribution is 2.38. The van der Waals surface area contributed by atoms with Gasteiger partial charge >= 0.3 is 0 Å². The van der Waals surface area contributed by atoms with Crippen LogP contribution in [0, 0.1) is 0 Å². The number of pyridine rings is 1. The second-order valence-corrected chi connectivity index (χ2v) is 11.6. The van der Waals surface area contributed by atoms with E-state index in [0.717, 1.165) is 32.7 Å². The first kappa shape index (κ1) is 22.8. The smallest absolute Gasteiger partial charge is 0.228 e. The number of hydrogen-bond acceptors (Lipinski definition) is 4. The third kappa shape index (κ3) is 4.70. The molecule has 1 saturated carbocycles. The lowest BCUT2D eigenvalue weighted by Gasteiger charge is -2.29. The summed E-state index contributed by atoms with van der Waals surface area (Å²) in [6.45, 7) is 8.52. The summed E-state index contributed by atoms with van der Waals surface area (Å²) in [7, 11) is 0. The van der Waals surface area contributed by atoms with E-state index in [1.807, 2.05) is 36.9 Å². The fraction of sp³-hybridized carbons (Fsp3) is 0.500. The number of primary amides is 1. The number of carbonyl (C=O) groups excluding carboxylic acids is 1. The van der Waals surface area contributed by atoms with Gasteiger partial charge in [0.15, 0.2) is 0 Å². The number of aromatic nitrogens is 3. The summed E-state index contributed by atoms with van der Waals surface area (Å²) in [5.41, 5.74) is 9.19. The van der Waals surface area contributed by atoms with Gasteiger partial charge in [-0.05, 0) is 55.5 Å². The summed E-state index contributed by atoms with van der Waals surface area (Å²) in [4.78, 5) is 17.9. The molecule has 2 aromatic heterocycles. The van der Waals surface area contributed by atoms with E-state index in [-0.39, 0.29) is 11.3 Å². The van der Waals surface area contributed by atoms with Crippen molar-refractivity contribution < 1.29 is 4.79 Å². The Hall–Kier alpha value is -2.34. The highest BCUT2D eigenvalue weighted by atomic mass is 32.2. The van der Waals surface area contributed by atoms with Gasteiger partial charge < -0.3 is 5.73 Å². The predicted octanol–water partition coefficient (Wildman–Crippen LogP) is 5.67. The third-order valence-corrected chi connectivity index (χ3v) is 8.08. The van der Waals surface area contributed by atoms with E-state index in [1.54, 1.807) is 6.20 Å². The Kier molecular flexibility index (Phi) is 6.35. The fourth-order valence-electron chi connectivity index (χ4n) is 4.46. The normalized spacial score (nSPS) is 17.4. The van der Waals surface area contributed by atoms with E-state index in [2.05, 4.69) is 43.1 Å². The first-order valence-corrected chi connectivity index (χ1v) is 12.5. The van der Waals surface area contributed by atoms with Crippen LogP contribution >= 0.6 is 11.8 Å². The van der Waals surface area contributed by atoms with E-state index in [1.165, 1.54) is 32.1 Å². The van der Waals surface area contributed by atoms with Crippen LogP contribution in [0.3, 0.4) is 0 Å². The number of thioether (sulfide) groups is 1. The van der Waals surface area contributed by atoms with Crippen LogP contribution in [-0.2, 0) is 22.0 Å². The molecule has 1 atom stereocenters. The average Bonchev–Trinajstić information content (AvgIpc) is 3.22. The van der Waals surface area contributed by atoms with Gasteiger partial charge in [0.05, 0.1) is 22.2 Å². The van der Waals surface area contributed by atoms with E-state index in [9.17, 15) is 4.79 Å². The maximum atomic E-state index is 12.8. The van der Waals surface area contributed by atoms with Crippen LogP contribution in [0.2, 0.25) is 0 Å². The van der Waals surface area contributed by atoms with Crippen molar-refractivity contribution in [3.8, 4) is 0 Å². The Balaban J connectivity index is 1.73. The predicted molar refractivity (Wildman–Crippen MR) is 132 cm³/mol. The monoisotopic (exact) mass is 450 g/mol. The van der Waals surface area contributed by atoms with Gasteiger partial charge in [0.1, 0.15) is 0 Å². The highest BCUT2D eigenvalue weighted by molar-refractivity contribution is 7.99. The molecular formula is C26H34N4OS. The number of benzene rings is 1. The molecule has 1 aromatic carbocycles. The summed E-state index contributed by atoms with van der Waals surface area (Å²) in [6.07, 6.45) is 8.68. The van der Waals surface area contributed by atoms with E-state index in [0.29, 0.717) is 11.7 Å². The largest absolute Gasteiger partial charge is 0.369 e. The van der Waals surface area contributed by atoms with Crippen molar-refractivity contribution in [2.75, 3.05) is 0 Å². The molecule has 0 aliphatic heterocycles. The number of nitrogens with two attached hydrogens (primary N) is 1. The van der Waals surface area contributed by atoms with Crippen molar-refractivity contribution >= 4 is 28.6 Å². The highest BCUT2D eigenvalue weighted by Gasteiger charge is 2.35. The molecule has 1 unspecified atom stereocenters. The summed E-state index contributed by atoms with van der Waals surface area (Å²) in [5, 5.41) is 9.71. The Morgan fingerprint density at radius 3 is 2.56 bits per heavy atom. The van der Waals surface area contributed by atoms with Gasteiger partial charge in [-0.25, -0.2) is 4.98 Å². The Morgan fingerprint density at radius 1 is 1.12 bits per heavy atom. The quantitative estimate of drug-likeness (QED) is 0.507. The minimum Gasteiger partial charge on any atom is -0.369 e. The number of carbonyl (C=O) groups is 1. The van der Waals surface area contributed by atoms with Crippen molar-refractivity contribution in [1.29, 1.82) is 0 Å². The van der Waals surface area contributed by atoms with Crippen molar-refractivity contribution in [2.45, 2.75) is 87.3 Å². The van der Waals surface area contributed by atoms with Crippen LogP contribution < -0.4 is 5.73 Å². The van der Waals surface area contributed by atoms with Gasteiger partial charge in [-0.15, -0.1) is 11.8 Å². The Bertz CT molecular complexity index is 1110. The number of fused-ring (bicyclic) bond motifs is 1. The maximum absolute atomic E-state index is 12.8. The molecule has 3 N–H and O–H groups in total. The molecule has 1 amide bonds. The number of hydrogen-bond donors (Lipinski definition) is 2. The second kappa shape index (κ2) is 8.89. The number of amides is 1. The van der Waals surface area contributed by atoms with Crippen LogP contribution in [0.5, 0.6) is 0 Å². The van der Waals surface area contributed by atoms with Gasteiger partial charge in [0.2, 0.25) is 5.91 Å². The van der Waals surface area contributed by atoms with Gasteiger partial charge in [-0.1, -0.05) is 52.2 Å². The lowest BCUT2D eigenvalue weighted by molar-refractivity contribution is -0.123. The molecule has 32 heavy (non-hydrogen) atoms. The zero-order valence-electron chi connectivity index (χ0n) is 19.6. The van der Waals surface area contributed by atoms with E-state index >= 15 is 0 Å². The standard InChI is InChI=1S/C26H34N4OS/c1-25(2,3)22-13-10-17(23(29-22)32-20-8-6-5-7-9-20)15-26(4,24(27)31)19-11-12-21-18(14-19)16-28-30-21/h10-14,16,20H,5-9,15H2,1-4H3,(H2,27,31)(H,28,30). The summed E-state index contributed by atoms with van der Waals surface area (Å²) < 4.78 is 0. The molecule has 4 rings (SSSR count). The fourth-order valence-corrected chi connectivity index (χ4v) is 5.79. The van der Waals surface area contributed by atoms with Crippen LogP contribution in [0.4, 0.5) is 0 Å². The molecule has 0 spiro atoms. The van der Waals surface area contributed by atoms with Crippen molar-refractivity contribution in [2.24, 2.45) is 5.73 Å². The van der Waals surface area contributed by atoms with E-state index < -0.39 is 5.41 Å². The first-order valence-electron chi connectivity index (χ1n) is 11.6. The molecule has 0 radical (unpaired) electrons. The van der Waals surface area contributed by atoms with Crippen molar-refractivity contribution in [3.63, 3.8) is 0 Å². The molecule has 170 valence electrons. The zero-order valence-corrected chi connectivity index (χ0v) is 20.4. The Labute approximate surface area is 195 Å². The van der Waals surface area contributed by atoms with Crippen LogP contribution in [-0.4, -0.2) is 26.3 Å². The number of rotatable bonds is 6. The first-order chi connectivity index (χ1) is 15.2. The van der Waals surface area contributed by atoms with Gasteiger partial charge in [-0.2, -0.15) is 5.10 Å². The molecule has 3 aromatic rings. The minimum absolute atomic E-state index is 0.0281. The van der Waals surface area contributed by atoms with Crippen molar-refractivity contribution in [1.82, 2.24) is 15.2 Å². The van der Waals surface area contributed by atoms with Crippen LogP contribution in [0.1, 0.15) is 76.6 Å². The molecule has 5 nitrogen and oxygen atoms in total. The lowest BCUT2D eigenvalue weighted by Crippen LogP contribution is -2.40. The zero-order chi connectivity index (χ0) is 22.9. The molecule has 6 heteroatoms. The number of nitrogens with one attached hydrogen (secondary N) is 1. The molecule has 1 fully saturated rings. The van der Waals surface area contributed by atoms with E-state index in [4.69, 9.17) is 10.7 Å². The second-order valence-electron chi connectivity index (χ2n) is 10.3. The Morgan fingerprint density at radius 2 is 1.88 bits per heavy atom. The molecular weight excluding hydrogens is 416 g/mol. The number of nitrogens with zero attached hydrogens (tertiary/aromatic N) is 2. The number of aromatic amines is 1. The topological polar surface area (TPSA) is 84.7 Å². The van der Waals surface area contributed by atoms with Gasteiger partial charge in [0, 0.05) is 21.7 Å². The van der Waals surface area contributed by atoms with Gasteiger partial charge in [0.25, 0.3) is 0 Å². The third-order valence-electron chi connectivity index (χ3n) is 6.70. The van der Waals surface area contributed by atoms with Gasteiger partial charge in [-0.3, -0.25) is 9.89 Å². The minimum atomic E-state index is -0.835. The molecule has 0 bridgehead atoms. The average molecular weight is 451 g/mol. The SMILES string of the molecule is CC(C)(C)c1ccc(CC(C)(C(N)=O)c2ccc3[nH]ncc3c2)c(SC2CCCCC2)n1. The summed E-state index contributed by atoms with van der Waals surface area (Å²) in [5.74, 6) is -0.325. The van der Waals surface area contributed by atoms with Crippen molar-refractivity contribution in [3.05, 3.63) is 53.3 Å². The lowest BCUT2D eigenvalue weighted by atomic mass is 9.76. The molecule has 1 aliphatic carbocycles. The summed E-state index contributed by atoms with van der Waals surface area (Å²) >= 11 is 1.89. The maximum Gasteiger partial charge on any atom is 0.228 e. The molecule has 0 saturated heterocycles. The molecule has 1 aliphatic rings. The number of H-pyrrole nitrogens is 1. The van der Waals surface area contributed by atoms with Crippen LogP contribution in [0.25, 0.3) is 10.9 Å². The molecule has 2 heterocycles.